The monoisotopic (exact) mass is 344 g/mol. The number of piperidine rings is 1. The van der Waals surface area contributed by atoms with Crippen LogP contribution in [0.5, 0.6) is 0 Å². The fourth-order valence-corrected chi connectivity index (χ4v) is 3.72. The van der Waals surface area contributed by atoms with Crippen molar-refractivity contribution < 1.29 is 4.79 Å². The van der Waals surface area contributed by atoms with Gasteiger partial charge in [0, 0.05) is 5.69 Å². The molecule has 0 aliphatic carbocycles. The molecular weight excluding hydrogens is 308 g/mol. The number of nitrogens with zero attached hydrogens (tertiary/aromatic N) is 1. The van der Waals surface area contributed by atoms with Crippen LogP contribution in [0.3, 0.4) is 0 Å². The van der Waals surface area contributed by atoms with E-state index < -0.39 is 0 Å². The average Bonchev–Trinajstić information content (AvgIpc) is 2.55. The molecule has 3 heteroatoms. The highest BCUT2D eigenvalue weighted by molar-refractivity contribution is 5.96. The smallest absolute Gasteiger partial charge is 0.241 e. The third-order valence-electron chi connectivity index (χ3n) is 5.36. The van der Waals surface area contributed by atoms with Crippen LogP contribution in [0, 0.1) is 13.8 Å². The van der Waals surface area contributed by atoms with E-state index in [4.69, 9.17) is 0 Å². The van der Waals surface area contributed by atoms with Crippen molar-refractivity contribution in [3.05, 3.63) is 28.8 Å². The molecule has 0 spiro atoms. The molecule has 25 heavy (non-hydrogen) atoms. The third kappa shape index (κ3) is 5.07. The molecule has 0 radical (unpaired) electrons. The minimum Gasteiger partial charge on any atom is -0.324 e. The summed E-state index contributed by atoms with van der Waals surface area (Å²) in [4.78, 5) is 15.4. The number of aryl methyl sites for hydroxylation is 2. The van der Waals surface area contributed by atoms with Gasteiger partial charge in [0.1, 0.15) is 0 Å². The van der Waals surface area contributed by atoms with Crippen LogP contribution in [0.1, 0.15) is 76.5 Å². The van der Waals surface area contributed by atoms with Gasteiger partial charge < -0.3 is 5.32 Å². The van der Waals surface area contributed by atoms with Crippen molar-refractivity contribution in [1.82, 2.24) is 4.90 Å². The standard InChI is InChI=1S/C22H36N2O/c1-7-8-12-24-13-10-9-11-19(24)21(25)23-20-16(2)14-18(15-17(20)3)22(4,5)6/h14-15,19H,7-13H2,1-6H3,(H,23,25). The van der Waals surface area contributed by atoms with E-state index in [9.17, 15) is 4.79 Å². The lowest BCUT2D eigenvalue weighted by Crippen LogP contribution is -2.47. The molecule has 140 valence electrons. The van der Waals surface area contributed by atoms with Crippen molar-refractivity contribution in [3.63, 3.8) is 0 Å². The summed E-state index contributed by atoms with van der Waals surface area (Å²) in [6.45, 7) is 15.2. The summed E-state index contributed by atoms with van der Waals surface area (Å²) in [5.41, 5.74) is 4.77. The zero-order valence-electron chi connectivity index (χ0n) is 17.0. The van der Waals surface area contributed by atoms with Crippen LogP contribution in [0.15, 0.2) is 12.1 Å². The van der Waals surface area contributed by atoms with Crippen molar-refractivity contribution in [3.8, 4) is 0 Å². The van der Waals surface area contributed by atoms with E-state index in [-0.39, 0.29) is 17.4 Å². The van der Waals surface area contributed by atoms with Crippen molar-refractivity contribution in [2.45, 2.75) is 85.1 Å². The molecule has 1 saturated heterocycles. The van der Waals surface area contributed by atoms with Gasteiger partial charge in [0.2, 0.25) is 5.91 Å². The molecule has 1 aliphatic rings. The molecule has 3 nitrogen and oxygen atoms in total. The number of carbonyl (C=O) groups is 1. The van der Waals surface area contributed by atoms with Crippen molar-refractivity contribution in [2.24, 2.45) is 0 Å². The zero-order valence-corrected chi connectivity index (χ0v) is 17.0. The Morgan fingerprint density at radius 2 is 1.84 bits per heavy atom. The normalized spacial score (nSPS) is 19.0. The first-order valence-electron chi connectivity index (χ1n) is 9.90. The number of anilines is 1. The molecular formula is C22H36N2O. The average molecular weight is 345 g/mol. The molecule has 1 aromatic carbocycles. The molecule has 0 bridgehead atoms. The van der Waals surface area contributed by atoms with Crippen LogP contribution in [0.2, 0.25) is 0 Å². The van der Waals surface area contributed by atoms with E-state index in [1.165, 1.54) is 24.8 Å². The van der Waals surface area contributed by atoms with Gasteiger partial charge in [-0.05, 0) is 68.3 Å². The maximum absolute atomic E-state index is 13.0. The molecule has 2 rings (SSSR count). The number of benzene rings is 1. The van der Waals surface area contributed by atoms with Crippen molar-refractivity contribution in [2.75, 3.05) is 18.4 Å². The van der Waals surface area contributed by atoms with E-state index >= 15 is 0 Å². The zero-order chi connectivity index (χ0) is 18.6. The van der Waals surface area contributed by atoms with Gasteiger partial charge in [0.05, 0.1) is 6.04 Å². The highest BCUT2D eigenvalue weighted by Crippen LogP contribution is 2.30. The summed E-state index contributed by atoms with van der Waals surface area (Å²) < 4.78 is 0. The van der Waals surface area contributed by atoms with Gasteiger partial charge in [-0.3, -0.25) is 9.69 Å². The SMILES string of the molecule is CCCCN1CCCCC1C(=O)Nc1c(C)cc(C(C)(C)C)cc1C. The van der Waals surface area contributed by atoms with E-state index in [0.29, 0.717) is 0 Å². The Bertz CT molecular complexity index is 578. The van der Waals surface area contributed by atoms with Crippen molar-refractivity contribution in [1.29, 1.82) is 0 Å². The lowest BCUT2D eigenvalue weighted by Gasteiger charge is -2.35. The number of unbranched alkanes of at least 4 members (excludes halogenated alkanes) is 1. The predicted molar refractivity (Wildman–Crippen MR) is 107 cm³/mol. The molecule has 0 saturated carbocycles. The van der Waals surface area contributed by atoms with Gasteiger partial charge >= 0.3 is 0 Å². The van der Waals surface area contributed by atoms with Gasteiger partial charge in [-0.1, -0.05) is 52.7 Å². The largest absolute Gasteiger partial charge is 0.324 e. The number of hydrogen-bond acceptors (Lipinski definition) is 2. The highest BCUT2D eigenvalue weighted by Gasteiger charge is 2.29. The van der Waals surface area contributed by atoms with Crippen LogP contribution in [-0.4, -0.2) is 29.9 Å². The Morgan fingerprint density at radius 3 is 2.40 bits per heavy atom. The summed E-state index contributed by atoms with van der Waals surface area (Å²) in [5.74, 6) is 0.172. The lowest BCUT2D eigenvalue weighted by atomic mass is 9.84. The fraction of sp³-hybridized carbons (Fsp3) is 0.682. The van der Waals surface area contributed by atoms with E-state index in [1.807, 2.05) is 0 Å². The van der Waals surface area contributed by atoms with Gasteiger partial charge in [0.15, 0.2) is 0 Å². The summed E-state index contributed by atoms with van der Waals surface area (Å²) in [6.07, 6.45) is 5.70. The highest BCUT2D eigenvalue weighted by atomic mass is 16.2. The molecule has 1 amide bonds. The number of likely N-dealkylation sites (tertiary alicyclic amines) is 1. The number of rotatable bonds is 5. The first-order chi connectivity index (χ1) is 11.7. The van der Waals surface area contributed by atoms with E-state index in [2.05, 4.69) is 63.9 Å². The summed E-state index contributed by atoms with van der Waals surface area (Å²) in [5, 5.41) is 3.25. The molecule has 0 aromatic heterocycles. The second-order valence-electron chi connectivity index (χ2n) is 8.63. The van der Waals surface area contributed by atoms with Crippen LogP contribution >= 0.6 is 0 Å². The summed E-state index contributed by atoms with van der Waals surface area (Å²) in [6, 6.07) is 4.47. The molecule has 1 aromatic rings. The molecule has 1 fully saturated rings. The Labute approximate surface area is 154 Å². The quantitative estimate of drug-likeness (QED) is 0.797. The minimum atomic E-state index is 0.0291. The summed E-state index contributed by atoms with van der Waals surface area (Å²) >= 11 is 0. The fourth-order valence-electron chi connectivity index (χ4n) is 3.72. The van der Waals surface area contributed by atoms with Gasteiger partial charge in [-0.2, -0.15) is 0 Å². The molecule has 1 atom stereocenters. The van der Waals surface area contributed by atoms with Crippen LogP contribution in [0.4, 0.5) is 5.69 Å². The Balaban J connectivity index is 2.16. The Morgan fingerprint density at radius 1 is 1.20 bits per heavy atom. The van der Waals surface area contributed by atoms with Crippen molar-refractivity contribution >= 4 is 11.6 Å². The lowest BCUT2D eigenvalue weighted by molar-refractivity contribution is -0.122. The number of nitrogens with one attached hydrogen (secondary N) is 1. The minimum absolute atomic E-state index is 0.0291. The predicted octanol–water partition coefficient (Wildman–Crippen LogP) is 5.19. The van der Waals surface area contributed by atoms with E-state index in [0.717, 1.165) is 42.7 Å². The molecule has 1 unspecified atom stereocenters. The second kappa shape index (κ2) is 8.35. The second-order valence-corrected chi connectivity index (χ2v) is 8.63. The maximum Gasteiger partial charge on any atom is 0.241 e. The molecule has 1 N–H and O–H groups in total. The van der Waals surface area contributed by atoms with Crippen LogP contribution < -0.4 is 5.32 Å². The van der Waals surface area contributed by atoms with E-state index in [1.54, 1.807) is 0 Å². The van der Waals surface area contributed by atoms with Crippen LogP contribution in [0.25, 0.3) is 0 Å². The topological polar surface area (TPSA) is 32.3 Å². The maximum atomic E-state index is 13.0. The van der Waals surface area contributed by atoms with Gasteiger partial charge in [0.25, 0.3) is 0 Å². The molecule has 1 heterocycles. The first kappa shape index (κ1) is 20.0. The first-order valence-corrected chi connectivity index (χ1v) is 9.90. The summed E-state index contributed by atoms with van der Waals surface area (Å²) in [7, 11) is 0. The number of amides is 1. The third-order valence-corrected chi connectivity index (χ3v) is 5.36. The van der Waals surface area contributed by atoms with Gasteiger partial charge in [-0.25, -0.2) is 0 Å². The number of carbonyl (C=O) groups excluding carboxylic acids is 1. The Kier molecular flexibility index (Phi) is 6.67. The number of hydrogen-bond donors (Lipinski definition) is 1. The molecule has 1 aliphatic heterocycles. The van der Waals surface area contributed by atoms with Crippen LogP contribution in [-0.2, 0) is 10.2 Å². The van der Waals surface area contributed by atoms with Gasteiger partial charge in [-0.15, -0.1) is 0 Å². The Hall–Kier alpha value is -1.35.